The van der Waals surface area contributed by atoms with Crippen LogP contribution in [0.25, 0.3) is 11.1 Å². The zero-order chi connectivity index (χ0) is 23.8. The summed E-state index contributed by atoms with van der Waals surface area (Å²) >= 11 is 5.90. The molecular formula is C27H21ClFN3O2. The normalized spacial score (nSPS) is 13.5. The fourth-order valence-electron chi connectivity index (χ4n) is 4.30. The lowest BCUT2D eigenvalue weighted by Gasteiger charge is -2.19. The molecule has 1 N–H and O–H groups in total. The molecule has 0 fully saturated rings. The first kappa shape index (κ1) is 22.2. The minimum atomic E-state index is -0.673. The molecule has 3 heterocycles. The average Bonchev–Trinajstić information content (AvgIpc) is 3.26. The van der Waals surface area contributed by atoms with E-state index in [9.17, 15) is 14.3 Å². The number of aromatic nitrogens is 2. The number of pyridine rings is 2. The van der Waals surface area contributed by atoms with Crippen molar-refractivity contribution in [2.75, 3.05) is 6.61 Å². The molecule has 5 nitrogen and oxygen atoms in total. The van der Waals surface area contributed by atoms with Gasteiger partial charge < -0.3 is 9.67 Å². The van der Waals surface area contributed by atoms with Crippen LogP contribution in [0.15, 0.2) is 82.8 Å². The van der Waals surface area contributed by atoms with E-state index in [0.29, 0.717) is 12.1 Å². The second-order valence-corrected chi connectivity index (χ2v) is 8.66. The highest BCUT2D eigenvalue weighted by Gasteiger charge is 2.20. The van der Waals surface area contributed by atoms with Crippen molar-refractivity contribution < 1.29 is 9.50 Å². The Morgan fingerprint density at radius 1 is 1.06 bits per heavy atom. The lowest BCUT2D eigenvalue weighted by atomic mass is 9.95. The van der Waals surface area contributed by atoms with E-state index in [4.69, 9.17) is 16.6 Å². The Morgan fingerprint density at radius 2 is 1.88 bits per heavy atom. The largest absolute Gasteiger partial charge is 0.394 e. The predicted octanol–water partition coefficient (Wildman–Crippen LogP) is 4.94. The van der Waals surface area contributed by atoms with Gasteiger partial charge in [0.15, 0.2) is 0 Å². The van der Waals surface area contributed by atoms with Crippen molar-refractivity contribution in [1.82, 2.24) is 9.55 Å². The third kappa shape index (κ3) is 4.06. The van der Waals surface area contributed by atoms with Gasteiger partial charge in [-0.25, -0.2) is 4.39 Å². The molecule has 170 valence electrons. The Balaban J connectivity index is 1.50. The van der Waals surface area contributed by atoms with Crippen LogP contribution in [-0.2, 0) is 6.54 Å². The van der Waals surface area contributed by atoms with Crippen molar-refractivity contribution in [1.29, 1.82) is 0 Å². The van der Waals surface area contributed by atoms with Gasteiger partial charge in [0.1, 0.15) is 5.82 Å². The predicted molar refractivity (Wildman–Crippen MR) is 131 cm³/mol. The topological polar surface area (TPSA) is 67.5 Å². The van der Waals surface area contributed by atoms with Crippen LogP contribution in [-0.4, -0.2) is 27.0 Å². The third-order valence-corrected chi connectivity index (χ3v) is 6.35. The number of aliphatic hydroxyl groups is 1. The van der Waals surface area contributed by atoms with Gasteiger partial charge in [0.05, 0.1) is 29.9 Å². The van der Waals surface area contributed by atoms with E-state index in [2.05, 4.69) is 11.1 Å². The number of aliphatic imine (C=N–C) groups is 1. The van der Waals surface area contributed by atoms with Gasteiger partial charge in [-0.1, -0.05) is 29.8 Å². The zero-order valence-electron chi connectivity index (χ0n) is 18.4. The smallest absolute Gasteiger partial charge is 0.251 e. The Labute approximate surface area is 200 Å². The fourth-order valence-corrected chi connectivity index (χ4v) is 4.49. The van der Waals surface area contributed by atoms with Crippen LogP contribution in [0.5, 0.6) is 0 Å². The number of hydrogen-bond acceptors (Lipinski definition) is 4. The van der Waals surface area contributed by atoms with Crippen LogP contribution >= 0.6 is 11.6 Å². The molecule has 1 aliphatic rings. The van der Waals surface area contributed by atoms with E-state index in [-0.39, 0.29) is 17.2 Å². The molecule has 0 saturated carbocycles. The van der Waals surface area contributed by atoms with E-state index in [1.54, 1.807) is 12.4 Å². The van der Waals surface area contributed by atoms with Gasteiger partial charge in [-0.05, 0) is 65.6 Å². The summed E-state index contributed by atoms with van der Waals surface area (Å²) in [5.74, 6) is -0.550. The number of benzene rings is 2. The molecule has 1 atom stereocenters. The van der Waals surface area contributed by atoms with Gasteiger partial charge in [0.25, 0.3) is 5.56 Å². The summed E-state index contributed by atoms with van der Waals surface area (Å²) in [6.07, 6.45) is 3.42. The van der Waals surface area contributed by atoms with Gasteiger partial charge in [-0.3, -0.25) is 14.8 Å². The number of fused-ring (bicyclic) bond motifs is 1. The second-order valence-electron chi connectivity index (χ2n) is 8.26. The molecule has 1 aliphatic heterocycles. The first-order valence-corrected chi connectivity index (χ1v) is 11.2. The number of halogens is 2. The van der Waals surface area contributed by atoms with Crippen molar-refractivity contribution in [2.45, 2.75) is 19.5 Å². The first-order valence-electron chi connectivity index (χ1n) is 10.8. The van der Waals surface area contributed by atoms with Gasteiger partial charge in [0.2, 0.25) is 0 Å². The van der Waals surface area contributed by atoms with Crippen molar-refractivity contribution >= 4 is 17.3 Å². The van der Waals surface area contributed by atoms with Crippen molar-refractivity contribution in [3.63, 3.8) is 0 Å². The van der Waals surface area contributed by atoms with Crippen LogP contribution in [0.3, 0.4) is 0 Å². The molecule has 0 amide bonds. The molecule has 2 aromatic carbocycles. The molecule has 0 bridgehead atoms. The Kier molecular flexibility index (Phi) is 5.86. The fraction of sp³-hybridized carbons (Fsp3) is 0.148. The van der Waals surface area contributed by atoms with Gasteiger partial charge >= 0.3 is 0 Å². The Bertz CT molecular complexity index is 1500. The second kappa shape index (κ2) is 8.97. The molecule has 0 spiro atoms. The van der Waals surface area contributed by atoms with Gasteiger partial charge in [0, 0.05) is 35.3 Å². The minimum absolute atomic E-state index is 0.0550. The van der Waals surface area contributed by atoms with Crippen molar-refractivity contribution in [3.8, 4) is 11.1 Å². The van der Waals surface area contributed by atoms with Crippen LogP contribution < -0.4 is 5.56 Å². The molecule has 0 radical (unpaired) electrons. The van der Waals surface area contributed by atoms with Gasteiger partial charge in [-0.2, -0.15) is 0 Å². The van der Waals surface area contributed by atoms with Gasteiger partial charge in [-0.15, -0.1) is 0 Å². The number of hydrogen-bond donors (Lipinski definition) is 1. The maximum Gasteiger partial charge on any atom is 0.251 e. The maximum atomic E-state index is 13.6. The lowest BCUT2D eigenvalue weighted by Crippen LogP contribution is -2.26. The van der Waals surface area contributed by atoms with E-state index < -0.39 is 11.9 Å². The van der Waals surface area contributed by atoms with E-state index >= 15 is 0 Å². The summed E-state index contributed by atoms with van der Waals surface area (Å²) in [5, 5.41) is 9.90. The van der Waals surface area contributed by atoms with E-state index in [1.807, 2.05) is 37.3 Å². The highest BCUT2D eigenvalue weighted by molar-refractivity contribution is 6.30. The maximum absolute atomic E-state index is 13.6. The highest BCUT2D eigenvalue weighted by Crippen LogP contribution is 2.29. The quantitative estimate of drug-likeness (QED) is 0.446. The molecule has 0 unspecified atom stereocenters. The summed E-state index contributed by atoms with van der Waals surface area (Å²) in [6, 6.07) is 16.9. The average molecular weight is 474 g/mol. The molecule has 0 saturated heterocycles. The highest BCUT2D eigenvalue weighted by atomic mass is 35.5. The molecule has 7 heteroatoms. The third-order valence-electron chi connectivity index (χ3n) is 6.06. The minimum Gasteiger partial charge on any atom is -0.394 e. The molecule has 5 rings (SSSR count). The molecule has 34 heavy (non-hydrogen) atoms. The number of aliphatic hydroxyl groups excluding tert-OH is 1. The number of nitrogens with zero attached hydrogens (tertiary/aromatic N) is 3. The monoisotopic (exact) mass is 473 g/mol. The number of rotatable bonds is 5. The van der Waals surface area contributed by atoms with Crippen molar-refractivity contribution in [2.24, 2.45) is 4.99 Å². The molecular weight excluding hydrogens is 453 g/mol. The summed E-state index contributed by atoms with van der Waals surface area (Å²) in [5.41, 5.74) is 6.97. The summed E-state index contributed by atoms with van der Waals surface area (Å²) in [4.78, 5) is 22.0. The Hall–Kier alpha value is -3.61. The summed E-state index contributed by atoms with van der Waals surface area (Å²) in [7, 11) is 0. The lowest BCUT2D eigenvalue weighted by molar-refractivity contribution is 0.247. The van der Waals surface area contributed by atoms with Crippen LogP contribution in [0, 0.1) is 12.7 Å². The standard InChI is InChI=1S/C27H21ClFN3O2/c1-16-10-20(6-8-30-16)27-22-11-17(2-3-21(22)14-31-27)18-7-9-32(26(34)13-18)25(15-33)19-4-5-24(29)23(28)12-19/h2-13,25,33H,14-15H2,1H3/t25-/m1/s1. The number of aryl methyl sites for hydroxylation is 1. The molecule has 4 aromatic rings. The first-order chi connectivity index (χ1) is 16.4. The SMILES string of the molecule is Cc1cc(C2=NCc3ccc(-c4ccn([C@H](CO)c5ccc(F)c(Cl)c5)c(=O)c4)cc32)ccn1. The van der Waals surface area contributed by atoms with Crippen LogP contribution in [0.2, 0.25) is 5.02 Å². The summed E-state index contributed by atoms with van der Waals surface area (Å²) < 4.78 is 15.0. The molecule has 2 aromatic heterocycles. The molecule has 0 aliphatic carbocycles. The van der Waals surface area contributed by atoms with E-state index in [0.717, 1.165) is 39.2 Å². The van der Waals surface area contributed by atoms with Crippen LogP contribution in [0.4, 0.5) is 4.39 Å². The van der Waals surface area contributed by atoms with Crippen molar-refractivity contribution in [3.05, 3.63) is 122 Å². The van der Waals surface area contributed by atoms with Crippen LogP contribution in [0.1, 0.15) is 34.0 Å². The summed E-state index contributed by atoms with van der Waals surface area (Å²) in [6.45, 7) is 2.24. The zero-order valence-corrected chi connectivity index (χ0v) is 19.1. The Morgan fingerprint density at radius 3 is 2.62 bits per heavy atom. The van der Waals surface area contributed by atoms with E-state index in [1.165, 1.54) is 28.8 Å².